The van der Waals surface area contributed by atoms with E-state index in [1.807, 2.05) is 13.8 Å². The Morgan fingerprint density at radius 3 is 2.36 bits per heavy atom. The van der Waals surface area contributed by atoms with Gasteiger partial charge in [-0.1, -0.05) is 20.3 Å². The molecule has 1 saturated heterocycles. The molecule has 0 atom stereocenters. The molecular weight excluding hydrogens is 340 g/mol. The molecule has 0 bridgehead atoms. The van der Waals surface area contributed by atoms with Gasteiger partial charge in [0.05, 0.1) is 5.54 Å². The Bertz CT molecular complexity index is 693. The molecule has 0 aliphatic carbocycles. The first kappa shape index (κ1) is 19.9. The molecule has 0 aromatic carbocycles. The van der Waals surface area contributed by atoms with Crippen LogP contribution in [0.2, 0.25) is 0 Å². The third kappa shape index (κ3) is 4.07. The fraction of sp³-hybridized carbons (Fsp3) is 0.706. The van der Waals surface area contributed by atoms with Crippen LogP contribution in [0.15, 0.2) is 17.2 Å². The summed E-state index contributed by atoms with van der Waals surface area (Å²) in [6, 6.07) is 1.46. The van der Waals surface area contributed by atoms with Crippen LogP contribution in [0.3, 0.4) is 0 Å². The maximum absolute atomic E-state index is 12.8. The van der Waals surface area contributed by atoms with E-state index in [0.29, 0.717) is 25.3 Å². The van der Waals surface area contributed by atoms with E-state index < -0.39 is 15.6 Å². The van der Waals surface area contributed by atoms with E-state index in [-0.39, 0.29) is 10.8 Å². The number of nitrogens with one attached hydrogen (secondary N) is 1. The van der Waals surface area contributed by atoms with Crippen molar-refractivity contribution in [2.45, 2.75) is 56.4 Å². The Morgan fingerprint density at radius 1 is 1.24 bits per heavy atom. The summed E-state index contributed by atoms with van der Waals surface area (Å²) in [6.45, 7) is 5.39. The lowest BCUT2D eigenvalue weighted by Crippen LogP contribution is -2.53. The van der Waals surface area contributed by atoms with Gasteiger partial charge < -0.3 is 15.6 Å². The molecule has 1 aliphatic heterocycles. The maximum Gasteiger partial charge on any atom is 0.268 e. The molecule has 0 saturated carbocycles. The number of aromatic nitrogens is 1. The van der Waals surface area contributed by atoms with Gasteiger partial charge >= 0.3 is 0 Å². The second-order valence-electron chi connectivity index (χ2n) is 6.78. The smallest absolute Gasteiger partial charge is 0.268 e. The zero-order valence-electron chi connectivity index (χ0n) is 15.4. The Morgan fingerprint density at radius 2 is 1.84 bits per heavy atom. The van der Waals surface area contributed by atoms with Gasteiger partial charge in [-0.2, -0.15) is 4.31 Å². The first-order chi connectivity index (χ1) is 11.8. The zero-order chi connectivity index (χ0) is 18.7. The average Bonchev–Trinajstić information content (AvgIpc) is 3.03. The molecule has 25 heavy (non-hydrogen) atoms. The van der Waals surface area contributed by atoms with Gasteiger partial charge in [-0.25, -0.2) is 8.42 Å². The molecule has 1 aliphatic rings. The molecule has 1 aromatic rings. The van der Waals surface area contributed by atoms with Gasteiger partial charge in [0.2, 0.25) is 10.0 Å². The Balaban J connectivity index is 2.26. The number of piperidine rings is 1. The number of hydrogen-bond acceptors (Lipinski definition) is 4. The van der Waals surface area contributed by atoms with Crippen LogP contribution < -0.4 is 11.1 Å². The highest BCUT2D eigenvalue weighted by Crippen LogP contribution is 2.23. The predicted molar refractivity (Wildman–Crippen MR) is 97.9 cm³/mol. The minimum atomic E-state index is -3.55. The van der Waals surface area contributed by atoms with E-state index in [4.69, 9.17) is 5.73 Å². The van der Waals surface area contributed by atoms with Crippen LogP contribution in [0, 0.1) is 0 Å². The lowest BCUT2D eigenvalue weighted by Gasteiger charge is -2.31. The summed E-state index contributed by atoms with van der Waals surface area (Å²) >= 11 is 0. The van der Waals surface area contributed by atoms with Crippen molar-refractivity contribution in [3.63, 3.8) is 0 Å². The minimum Gasteiger partial charge on any atom is -0.345 e. The predicted octanol–water partition coefficient (Wildman–Crippen LogP) is 1.45. The van der Waals surface area contributed by atoms with Crippen molar-refractivity contribution in [2.75, 3.05) is 19.6 Å². The lowest BCUT2D eigenvalue weighted by atomic mass is 9.93. The number of nitrogens with two attached hydrogens (primary N) is 1. The maximum atomic E-state index is 12.8. The summed E-state index contributed by atoms with van der Waals surface area (Å²) in [7, 11) is -1.86. The summed E-state index contributed by atoms with van der Waals surface area (Å²) in [5.74, 6) is -0.295. The fourth-order valence-corrected chi connectivity index (χ4v) is 4.82. The largest absolute Gasteiger partial charge is 0.345 e. The van der Waals surface area contributed by atoms with Crippen molar-refractivity contribution >= 4 is 15.9 Å². The molecule has 2 rings (SSSR count). The van der Waals surface area contributed by atoms with Gasteiger partial charge in [-0.15, -0.1) is 0 Å². The molecule has 7 nitrogen and oxygen atoms in total. The Hall–Kier alpha value is -1.38. The fourth-order valence-electron chi connectivity index (χ4n) is 3.23. The number of carbonyl (C=O) groups excluding carboxylic acids is 1. The molecule has 0 spiro atoms. The molecule has 1 aromatic heterocycles. The highest BCUT2D eigenvalue weighted by atomic mass is 32.2. The second kappa shape index (κ2) is 7.88. The molecule has 0 unspecified atom stereocenters. The quantitative estimate of drug-likeness (QED) is 0.759. The molecule has 3 N–H and O–H groups in total. The van der Waals surface area contributed by atoms with Crippen molar-refractivity contribution < 1.29 is 13.2 Å². The number of amides is 1. The van der Waals surface area contributed by atoms with Crippen LogP contribution in [0.25, 0.3) is 0 Å². The topological polar surface area (TPSA) is 97.4 Å². The third-order valence-electron chi connectivity index (χ3n) is 5.29. The highest BCUT2D eigenvalue weighted by Gasteiger charge is 2.31. The summed E-state index contributed by atoms with van der Waals surface area (Å²) in [5.41, 5.74) is 5.71. The van der Waals surface area contributed by atoms with Crippen molar-refractivity contribution in [3.05, 3.63) is 18.0 Å². The van der Waals surface area contributed by atoms with Gasteiger partial charge in [0, 0.05) is 32.9 Å². The number of carbonyl (C=O) groups is 1. The van der Waals surface area contributed by atoms with Crippen LogP contribution >= 0.6 is 0 Å². The van der Waals surface area contributed by atoms with E-state index in [1.165, 1.54) is 16.6 Å². The molecule has 2 heterocycles. The number of nitrogens with zero attached hydrogens (tertiary/aromatic N) is 2. The van der Waals surface area contributed by atoms with Crippen molar-refractivity contribution in [3.8, 4) is 0 Å². The normalized spacial score (nSPS) is 16.8. The van der Waals surface area contributed by atoms with Crippen molar-refractivity contribution in [2.24, 2.45) is 12.8 Å². The van der Waals surface area contributed by atoms with Gasteiger partial charge in [0.1, 0.15) is 10.6 Å². The SMILES string of the molecule is CCC(CC)(CN)NC(=O)c1cc(S(=O)(=O)N2CCCCC2)cn1C. The molecule has 142 valence electrons. The Kier molecular flexibility index (Phi) is 6.29. The standard InChI is InChI=1S/C17H30N4O3S/c1-4-17(5-2,13-18)19-16(22)15-11-14(12-20(15)3)25(23,24)21-9-7-6-8-10-21/h11-12H,4-10,13,18H2,1-3H3,(H,19,22). The molecule has 0 radical (unpaired) electrons. The van der Waals surface area contributed by atoms with Crippen LogP contribution in [-0.4, -0.2) is 48.4 Å². The van der Waals surface area contributed by atoms with Crippen LogP contribution in [0.4, 0.5) is 0 Å². The minimum absolute atomic E-state index is 0.174. The summed E-state index contributed by atoms with van der Waals surface area (Å²) in [4.78, 5) is 12.9. The number of aryl methyl sites for hydroxylation is 1. The summed E-state index contributed by atoms with van der Waals surface area (Å²) in [6.07, 6.45) is 5.77. The van der Waals surface area contributed by atoms with E-state index in [0.717, 1.165) is 32.1 Å². The Labute approximate surface area is 150 Å². The van der Waals surface area contributed by atoms with E-state index in [9.17, 15) is 13.2 Å². The van der Waals surface area contributed by atoms with E-state index in [2.05, 4.69) is 5.32 Å². The monoisotopic (exact) mass is 370 g/mol. The molecule has 1 amide bonds. The number of hydrogen-bond donors (Lipinski definition) is 2. The van der Waals surface area contributed by atoms with Crippen molar-refractivity contribution in [1.29, 1.82) is 0 Å². The van der Waals surface area contributed by atoms with E-state index >= 15 is 0 Å². The molecule has 8 heteroatoms. The number of sulfonamides is 1. The van der Waals surface area contributed by atoms with Gasteiger partial charge in [-0.05, 0) is 31.7 Å². The van der Waals surface area contributed by atoms with Crippen molar-refractivity contribution in [1.82, 2.24) is 14.2 Å². The van der Waals surface area contributed by atoms with Crippen LogP contribution in [0.5, 0.6) is 0 Å². The first-order valence-corrected chi connectivity index (χ1v) is 10.4. The second-order valence-corrected chi connectivity index (χ2v) is 8.72. The van der Waals surface area contributed by atoms with Gasteiger partial charge in [-0.3, -0.25) is 4.79 Å². The third-order valence-corrected chi connectivity index (χ3v) is 7.15. The highest BCUT2D eigenvalue weighted by molar-refractivity contribution is 7.89. The average molecular weight is 371 g/mol. The van der Waals surface area contributed by atoms with Crippen LogP contribution in [-0.2, 0) is 17.1 Å². The van der Waals surface area contributed by atoms with E-state index in [1.54, 1.807) is 11.6 Å². The summed E-state index contributed by atoms with van der Waals surface area (Å²) in [5, 5.41) is 2.99. The lowest BCUT2D eigenvalue weighted by molar-refractivity contribution is 0.0887. The summed E-state index contributed by atoms with van der Waals surface area (Å²) < 4.78 is 28.7. The van der Waals surface area contributed by atoms with Gasteiger partial charge in [0.15, 0.2) is 0 Å². The van der Waals surface area contributed by atoms with Gasteiger partial charge in [0.25, 0.3) is 5.91 Å². The molecule has 1 fully saturated rings. The molecular formula is C17H30N4O3S. The first-order valence-electron chi connectivity index (χ1n) is 8.98. The number of rotatable bonds is 7. The zero-order valence-corrected chi connectivity index (χ0v) is 16.2. The van der Waals surface area contributed by atoms with Crippen LogP contribution in [0.1, 0.15) is 56.4 Å².